The van der Waals surface area contributed by atoms with Crippen molar-refractivity contribution < 1.29 is 14.3 Å². The predicted molar refractivity (Wildman–Crippen MR) is 132 cm³/mol. The number of hydrogen-bond donors (Lipinski definition) is 0. The molecule has 0 saturated carbocycles. The van der Waals surface area contributed by atoms with Crippen LogP contribution in [0.4, 0.5) is 0 Å². The summed E-state index contributed by atoms with van der Waals surface area (Å²) in [4.78, 5) is 29.8. The zero-order chi connectivity index (χ0) is 24.1. The first-order valence-corrected chi connectivity index (χ1v) is 11.9. The summed E-state index contributed by atoms with van der Waals surface area (Å²) in [6, 6.07) is 19.4. The molecule has 0 bridgehead atoms. The van der Waals surface area contributed by atoms with Crippen LogP contribution in [0.2, 0.25) is 0 Å². The first-order valence-electron chi connectivity index (χ1n) is 11.9. The summed E-state index contributed by atoms with van der Waals surface area (Å²) >= 11 is 0. The van der Waals surface area contributed by atoms with Crippen molar-refractivity contribution in [1.82, 2.24) is 19.6 Å². The Morgan fingerprint density at radius 2 is 1.65 bits per heavy atom. The number of benzene rings is 2. The molecule has 0 spiro atoms. The van der Waals surface area contributed by atoms with Gasteiger partial charge in [-0.3, -0.25) is 9.59 Å². The average molecular weight is 461 g/mol. The molecule has 1 aliphatic heterocycles. The number of nitrogens with zero attached hydrogens (tertiary/aromatic N) is 4. The van der Waals surface area contributed by atoms with Gasteiger partial charge in [-0.2, -0.15) is 5.10 Å². The molecule has 2 amide bonds. The Morgan fingerprint density at radius 1 is 1.00 bits per heavy atom. The van der Waals surface area contributed by atoms with Crippen molar-refractivity contribution in [3.8, 4) is 22.7 Å². The molecule has 7 heteroatoms. The molecule has 4 rings (SSSR count). The number of amides is 2. The van der Waals surface area contributed by atoms with Crippen LogP contribution in [0.25, 0.3) is 16.9 Å². The molecule has 1 aliphatic rings. The summed E-state index contributed by atoms with van der Waals surface area (Å²) in [5.74, 6) is 0.860. The lowest BCUT2D eigenvalue weighted by atomic mass is 9.95. The molecule has 178 valence electrons. The summed E-state index contributed by atoms with van der Waals surface area (Å²) in [5.41, 5.74) is 3.07. The number of carbonyl (C=O) groups excluding carboxylic acids is 2. The Morgan fingerprint density at radius 3 is 2.24 bits per heavy atom. The highest BCUT2D eigenvalue weighted by Gasteiger charge is 2.31. The van der Waals surface area contributed by atoms with Crippen molar-refractivity contribution in [3.05, 3.63) is 66.4 Å². The highest BCUT2D eigenvalue weighted by atomic mass is 16.5. The van der Waals surface area contributed by atoms with E-state index in [2.05, 4.69) is 0 Å². The minimum atomic E-state index is -0.0989. The molecule has 0 unspecified atom stereocenters. The molecular weight excluding hydrogens is 428 g/mol. The minimum Gasteiger partial charge on any atom is -0.497 e. The molecule has 0 N–H and O–H groups in total. The maximum Gasteiger partial charge on any atom is 0.274 e. The molecule has 0 radical (unpaired) electrons. The number of carbonyl (C=O) groups is 2. The second-order valence-electron chi connectivity index (χ2n) is 8.47. The van der Waals surface area contributed by atoms with Gasteiger partial charge in [0.05, 0.1) is 18.5 Å². The van der Waals surface area contributed by atoms with Gasteiger partial charge in [0.25, 0.3) is 5.91 Å². The fraction of sp³-hybridized carbons (Fsp3) is 0.370. The summed E-state index contributed by atoms with van der Waals surface area (Å²) in [6.07, 6.45) is 1.37. The number of likely N-dealkylation sites (tertiary alicyclic amines) is 1. The maximum absolute atomic E-state index is 13.4. The zero-order valence-electron chi connectivity index (χ0n) is 20.1. The molecular formula is C27H32N4O3. The highest BCUT2D eigenvalue weighted by Crippen LogP contribution is 2.28. The number of para-hydroxylation sites is 1. The summed E-state index contributed by atoms with van der Waals surface area (Å²) in [5, 5.41) is 4.70. The van der Waals surface area contributed by atoms with Crippen LogP contribution in [0.15, 0.2) is 60.7 Å². The van der Waals surface area contributed by atoms with E-state index in [4.69, 9.17) is 9.84 Å². The minimum absolute atomic E-state index is 0.0133. The normalized spacial score (nSPS) is 14.1. The van der Waals surface area contributed by atoms with E-state index in [1.807, 2.05) is 89.0 Å². The second kappa shape index (κ2) is 10.5. The largest absolute Gasteiger partial charge is 0.497 e. The zero-order valence-corrected chi connectivity index (χ0v) is 20.1. The van der Waals surface area contributed by atoms with Gasteiger partial charge in [-0.25, -0.2) is 4.68 Å². The van der Waals surface area contributed by atoms with E-state index in [0.717, 1.165) is 35.8 Å². The van der Waals surface area contributed by atoms with Gasteiger partial charge in [0.2, 0.25) is 5.91 Å². The highest BCUT2D eigenvalue weighted by molar-refractivity contribution is 5.94. The molecule has 1 saturated heterocycles. The number of piperidine rings is 1. The van der Waals surface area contributed by atoms with Gasteiger partial charge in [0, 0.05) is 37.7 Å². The van der Waals surface area contributed by atoms with Gasteiger partial charge in [-0.05, 0) is 69.2 Å². The van der Waals surface area contributed by atoms with Crippen LogP contribution in [0, 0.1) is 5.92 Å². The van der Waals surface area contributed by atoms with E-state index in [9.17, 15) is 9.59 Å². The topological polar surface area (TPSA) is 67.7 Å². The first kappa shape index (κ1) is 23.5. The number of ether oxygens (including phenoxy) is 1. The third-order valence-electron chi connectivity index (χ3n) is 6.52. The fourth-order valence-corrected chi connectivity index (χ4v) is 4.50. The standard InChI is InChI=1S/C27H32N4O3/c1-4-29(5-2)26(32)21-15-17-30(18-16-21)27(33)24-19-25(20-11-13-23(34-3)14-12-20)31(28-24)22-9-7-6-8-10-22/h6-14,19,21H,4-5,15-18H2,1-3H3. The Balaban J connectivity index is 1.57. The van der Waals surface area contributed by atoms with Crippen LogP contribution in [0.5, 0.6) is 5.75 Å². The maximum atomic E-state index is 13.4. The monoisotopic (exact) mass is 460 g/mol. The van der Waals surface area contributed by atoms with Crippen LogP contribution in [0.3, 0.4) is 0 Å². The lowest BCUT2D eigenvalue weighted by Gasteiger charge is -2.33. The Hall–Kier alpha value is -3.61. The second-order valence-corrected chi connectivity index (χ2v) is 8.47. The predicted octanol–water partition coefficient (Wildman–Crippen LogP) is 4.27. The molecule has 3 aromatic rings. The van der Waals surface area contributed by atoms with Gasteiger partial charge in [-0.1, -0.05) is 18.2 Å². The molecule has 0 atom stereocenters. The Bertz CT molecular complexity index is 1110. The van der Waals surface area contributed by atoms with E-state index in [1.165, 1.54) is 0 Å². The van der Waals surface area contributed by atoms with Gasteiger partial charge in [0.1, 0.15) is 5.75 Å². The van der Waals surface area contributed by atoms with Crippen molar-refractivity contribution in [2.24, 2.45) is 5.92 Å². The number of methoxy groups -OCH3 is 1. The van der Waals surface area contributed by atoms with E-state index in [-0.39, 0.29) is 17.7 Å². The average Bonchev–Trinajstić information content (AvgIpc) is 3.35. The smallest absolute Gasteiger partial charge is 0.274 e. The molecule has 2 heterocycles. The molecule has 1 fully saturated rings. The van der Waals surface area contributed by atoms with Crippen molar-refractivity contribution in [3.63, 3.8) is 0 Å². The number of rotatable bonds is 7. The Labute approximate surface area is 200 Å². The van der Waals surface area contributed by atoms with Crippen LogP contribution in [0.1, 0.15) is 37.2 Å². The number of hydrogen-bond acceptors (Lipinski definition) is 4. The van der Waals surface area contributed by atoms with Crippen LogP contribution < -0.4 is 4.74 Å². The van der Waals surface area contributed by atoms with Crippen molar-refractivity contribution in [1.29, 1.82) is 0 Å². The van der Waals surface area contributed by atoms with E-state index >= 15 is 0 Å². The van der Waals surface area contributed by atoms with Crippen LogP contribution in [-0.4, -0.2) is 64.7 Å². The summed E-state index contributed by atoms with van der Waals surface area (Å²) in [6.45, 7) is 6.57. The van der Waals surface area contributed by atoms with Gasteiger partial charge >= 0.3 is 0 Å². The molecule has 2 aromatic carbocycles. The van der Waals surface area contributed by atoms with Crippen molar-refractivity contribution in [2.45, 2.75) is 26.7 Å². The van der Waals surface area contributed by atoms with Crippen LogP contribution >= 0.6 is 0 Å². The fourth-order valence-electron chi connectivity index (χ4n) is 4.50. The first-order chi connectivity index (χ1) is 16.5. The van der Waals surface area contributed by atoms with E-state index in [1.54, 1.807) is 7.11 Å². The molecule has 0 aliphatic carbocycles. The lowest BCUT2D eigenvalue weighted by Crippen LogP contribution is -2.44. The third kappa shape index (κ3) is 4.83. The number of aromatic nitrogens is 2. The Kier molecular flexibility index (Phi) is 7.30. The van der Waals surface area contributed by atoms with Gasteiger partial charge in [0.15, 0.2) is 5.69 Å². The summed E-state index contributed by atoms with van der Waals surface area (Å²) in [7, 11) is 1.64. The lowest BCUT2D eigenvalue weighted by molar-refractivity contribution is -0.136. The van der Waals surface area contributed by atoms with Crippen molar-refractivity contribution >= 4 is 11.8 Å². The van der Waals surface area contributed by atoms with Gasteiger partial charge < -0.3 is 14.5 Å². The summed E-state index contributed by atoms with van der Waals surface area (Å²) < 4.78 is 7.10. The SMILES string of the molecule is CCN(CC)C(=O)C1CCN(C(=O)c2cc(-c3ccc(OC)cc3)n(-c3ccccc3)n2)CC1. The van der Waals surface area contributed by atoms with Crippen LogP contribution in [-0.2, 0) is 4.79 Å². The molecule has 7 nitrogen and oxygen atoms in total. The quantitative estimate of drug-likeness (QED) is 0.528. The molecule has 34 heavy (non-hydrogen) atoms. The van der Waals surface area contributed by atoms with Gasteiger partial charge in [-0.15, -0.1) is 0 Å². The van der Waals surface area contributed by atoms with Crippen molar-refractivity contribution in [2.75, 3.05) is 33.3 Å². The third-order valence-corrected chi connectivity index (χ3v) is 6.52. The van der Waals surface area contributed by atoms with E-state index in [0.29, 0.717) is 31.6 Å². The molecule has 1 aromatic heterocycles. The van der Waals surface area contributed by atoms with E-state index < -0.39 is 0 Å².